The molecule has 19 heavy (non-hydrogen) atoms. The van der Waals surface area contributed by atoms with Crippen LogP contribution in [0.3, 0.4) is 0 Å². The van der Waals surface area contributed by atoms with Crippen molar-refractivity contribution in [2.75, 3.05) is 6.54 Å². The lowest BCUT2D eigenvalue weighted by Crippen LogP contribution is -2.22. The number of aryl methyl sites for hydroxylation is 2. The van der Waals surface area contributed by atoms with Crippen molar-refractivity contribution in [3.8, 4) is 0 Å². The second-order valence-electron chi connectivity index (χ2n) is 4.51. The zero-order valence-corrected chi connectivity index (χ0v) is 11.2. The van der Waals surface area contributed by atoms with Gasteiger partial charge in [0.25, 0.3) is 0 Å². The Hall–Kier alpha value is -1.75. The van der Waals surface area contributed by atoms with Gasteiger partial charge in [-0.05, 0) is 31.2 Å². The monoisotopic (exact) mass is 265 g/mol. The van der Waals surface area contributed by atoms with E-state index < -0.39 is 11.6 Å². The summed E-state index contributed by atoms with van der Waals surface area (Å²) in [4.78, 5) is 0. The molecule has 1 atom stereocenters. The molecule has 1 N–H and O–H groups in total. The molecule has 1 aromatic carbocycles. The van der Waals surface area contributed by atoms with Gasteiger partial charge in [-0.1, -0.05) is 13.0 Å². The summed E-state index contributed by atoms with van der Waals surface area (Å²) in [6.07, 6.45) is 1.89. The Morgan fingerprint density at radius 1 is 1.32 bits per heavy atom. The molecule has 0 amide bonds. The highest BCUT2D eigenvalue weighted by Gasteiger charge is 2.19. The molecule has 0 saturated heterocycles. The molecule has 0 aliphatic carbocycles. The molecule has 2 rings (SSSR count). The van der Waals surface area contributed by atoms with Crippen LogP contribution in [-0.4, -0.2) is 16.3 Å². The third-order valence-corrected chi connectivity index (χ3v) is 3.05. The van der Waals surface area contributed by atoms with E-state index in [4.69, 9.17) is 0 Å². The maximum absolute atomic E-state index is 13.4. The van der Waals surface area contributed by atoms with E-state index in [0.29, 0.717) is 5.56 Å². The van der Waals surface area contributed by atoms with E-state index in [1.54, 1.807) is 10.7 Å². The maximum atomic E-state index is 13.4. The average Bonchev–Trinajstić information content (AvgIpc) is 2.69. The van der Waals surface area contributed by atoms with E-state index in [0.717, 1.165) is 23.9 Å². The Morgan fingerprint density at radius 2 is 2.05 bits per heavy atom. The van der Waals surface area contributed by atoms with Gasteiger partial charge in [0.1, 0.15) is 0 Å². The van der Waals surface area contributed by atoms with Crippen LogP contribution in [0.15, 0.2) is 24.4 Å². The zero-order chi connectivity index (χ0) is 14.0. The summed E-state index contributed by atoms with van der Waals surface area (Å²) >= 11 is 0. The highest BCUT2D eigenvalue weighted by molar-refractivity contribution is 5.33. The summed E-state index contributed by atoms with van der Waals surface area (Å²) in [5.74, 6) is -1.66. The maximum Gasteiger partial charge on any atom is 0.159 e. The second-order valence-corrected chi connectivity index (χ2v) is 4.51. The standard InChI is InChI=1S/C14H17F2N3/c1-4-17-14(11-8-19(3)18-9(11)2)10-5-6-12(15)13(16)7-10/h5-8,14,17H,4H2,1-3H3. The predicted octanol–water partition coefficient (Wildman–Crippen LogP) is 2.71. The molecule has 102 valence electrons. The lowest BCUT2D eigenvalue weighted by Gasteiger charge is -2.18. The van der Waals surface area contributed by atoms with Crippen molar-refractivity contribution in [1.29, 1.82) is 0 Å². The molecular weight excluding hydrogens is 248 g/mol. The van der Waals surface area contributed by atoms with E-state index in [1.165, 1.54) is 6.07 Å². The predicted molar refractivity (Wildman–Crippen MR) is 69.8 cm³/mol. The summed E-state index contributed by atoms with van der Waals surface area (Å²) in [6, 6.07) is 3.79. The average molecular weight is 265 g/mol. The molecule has 3 nitrogen and oxygen atoms in total. The van der Waals surface area contributed by atoms with Gasteiger partial charge in [-0.3, -0.25) is 4.68 Å². The van der Waals surface area contributed by atoms with Crippen LogP contribution in [0.1, 0.15) is 29.8 Å². The molecule has 1 heterocycles. The lowest BCUT2D eigenvalue weighted by molar-refractivity contribution is 0.503. The molecule has 5 heteroatoms. The number of hydrogen-bond acceptors (Lipinski definition) is 2. The number of halogens is 2. The van der Waals surface area contributed by atoms with E-state index in [9.17, 15) is 8.78 Å². The summed E-state index contributed by atoms with van der Waals surface area (Å²) in [7, 11) is 1.84. The third kappa shape index (κ3) is 2.81. The first kappa shape index (κ1) is 13.7. The van der Waals surface area contributed by atoms with E-state index >= 15 is 0 Å². The van der Waals surface area contributed by atoms with Crippen LogP contribution in [-0.2, 0) is 7.05 Å². The van der Waals surface area contributed by atoms with Crippen LogP contribution in [0.25, 0.3) is 0 Å². The van der Waals surface area contributed by atoms with Gasteiger partial charge < -0.3 is 5.32 Å². The Morgan fingerprint density at radius 3 is 2.58 bits per heavy atom. The number of nitrogens with zero attached hydrogens (tertiary/aromatic N) is 2. The smallest absolute Gasteiger partial charge is 0.159 e. The number of nitrogens with one attached hydrogen (secondary N) is 1. The summed E-state index contributed by atoms with van der Waals surface area (Å²) in [5.41, 5.74) is 2.53. The van der Waals surface area contributed by atoms with Crippen LogP contribution in [0.5, 0.6) is 0 Å². The van der Waals surface area contributed by atoms with E-state index in [-0.39, 0.29) is 6.04 Å². The van der Waals surface area contributed by atoms with Crippen molar-refractivity contribution in [3.63, 3.8) is 0 Å². The molecule has 0 saturated carbocycles. The van der Waals surface area contributed by atoms with Crippen molar-refractivity contribution in [3.05, 3.63) is 52.9 Å². The SMILES string of the molecule is CCNC(c1ccc(F)c(F)c1)c1cn(C)nc1C. The summed E-state index contributed by atoms with van der Waals surface area (Å²) in [6.45, 7) is 4.59. The number of rotatable bonds is 4. The minimum Gasteiger partial charge on any atom is -0.306 e. The van der Waals surface area contributed by atoms with Crippen LogP contribution < -0.4 is 5.32 Å². The van der Waals surface area contributed by atoms with E-state index in [2.05, 4.69) is 10.4 Å². The van der Waals surface area contributed by atoms with Crippen molar-refractivity contribution in [1.82, 2.24) is 15.1 Å². The van der Waals surface area contributed by atoms with Gasteiger partial charge in [0.2, 0.25) is 0 Å². The Bertz CT molecular complexity index is 578. The van der Waals surface area contributed by atoms with Gasteiger partial charge >= 0.3 is 0 Å². The largest absolute Gasteiger partial charge is 0.306 e. The van der Waals surface area contributed by atoms with Crippen molar-refractivity contribution >= 4 is 0 Å². The highest BCUT2D eigenvalue weighted by atomic mass is 19.2. The quantitative estimate of drug-likeness (QED) is 0.921. The minimum absolute atomic E-state index is 0.186. The molecule has 0 bridgehead atoms. The fourth-order valence-corrected chi connectivity index (χ4v) is 2.20. The summed E-state index contributed by atoms with van der Waals surface area (Å²) < 4.78 is 28.1. The molecule has 2 aromatic rings. The lowest BCUT2D eigenvalue weighted by atomic mass is 9.99. The molecule has 0 radical (unpaired) electrons. The molecule has 1 aromatic heterocycles. The fraction of sp³-hybridized carbons (Fsp3) is 0.357. The fourth-order valence-electron chi connectivity index (χ4n) is 2.20. The normalized spacial score (nSPS) is 12.7. The van der Waals surface area contributed by atoms with Gasteiger partial charge in [-0.2, -0.15) is 5.10 Å². The number of hydrogen-bond donors (Lipinski definition) is 1. The first-order valence-corrected chi connectivity index (χ1v) is 6.21. The molecule has 0 spiro atoms. The first-order chi connectivity index (χ1) is 9.02. The third-order valence-electron chi connectivity index (χ3n) is 3.05. The zero-order valence-electron chi connectivity index (χ0n) is 11.2. The molecular formula is C14H17F2N3. The molecule has 0 fully saturated rings. The Kier molecular flexibility index (Phi) is 3.95. The molecule has 1 unspecified atom stereocenters. The number of aromatic nitrogens is 2. The Labute approximate surface area is 111 Å². The first-order valence-electron chi connectivity index (χ1n) is 6.21. The Balaban J connectivity index is 2.44. The van der Waals surface area contributed by atoms with Gasteiger partial charge in [-0.25, -0.2) is 8.78 Å². The van der Waals surface area contributed by atoms with Gasteiger partial charge in [0, 0.05) is 18.8 Å². The van der Waals surface area contributed by atoms with Crippen LogP contribution >= 0.6 is 0 Å². The van der Waals surface area contributed by atoms with Gasteiger partial charge in [0.05, 0.1) is 11.7 Å². The minimum atomic E-state index is -0.832. The highest BCUT2D eigenvalue weighted by Crippen LogP contribution is 2.25. The topological polar surface area (TPSA) is 29.9 Å². The molecule has 0 aliphatic rings. The van der Waals surface area contributed by atoms with Crippen molar-refractivity contribution < 1.29 is 8.78 Å². The van der Waals surface area contributed by atoms with Crippen LogP contribution in [0.2, 0.25) is 0 Å². The van der Waals surface area contributed by atoms with E-state index in [1.807, 2.05) is 27.1 Å². The van der Waals surface area contributed by atoms with Crippen molar-refractivity contribution in [2.24, 2.45) is 7.05 Å². The van der Waals surface area contributed by atoms with Crippen LogP contribution in [0.4, 0.5) is 8.78 Å². The van der Waals surface area contributed by atoms with Gasteiger partial charge in [0.15, 0.2) is 11.6 Å². The van der Waals surface area contributed by atoms with Crippen molar-refractivity contribution in [2.45, 2.75) is 19.9 Å². The van der Waals surface area contributed by atoms with Crippen LogP contribution in [0, 0.1) is 18.6 Å². The summed E-state index contributed by atoms with van der Waals surface area (Å²) in [5, 5.41) is 7.56. The van der Waals surface area contributed by atoms with Gasteiger partial charge in [-0.15, -0.1) is 0 Å². The second kappa shape index (κ2) is 5.48. The molecule has 0 aliphatic heterocycles. The number of benzene rings is 1.